The van der Waals surface area contributed by atoms with Gasteiger partial charge in [-0.2, -0.15) is 0 Å². The summed E-state index contributed by atoms with van der Waals surface area (Å²) < 4.78 is 15.5. The Morgan fingerprint density at radius 1 is 1.16 bits per heavy atom. The Hall–Kier alpha value is -1.65. The molecule has 0 spiro atoms. The number of hydrogen-bond donors (Lipinski definition) is 0. The summed E-state index contributed by atoms with van der Waals surface area (Å²) in [6.45, 7) is 5.84. The molecule has 19 heavy (non-hydrogen) atoms. The second-order valence-electron chi connectivity index (χ2n) is 3.84. The number of carbonyl (C=O) groups excluding carboxylic acids is 1. The normalized spacial score (nSPS) is 10.8. The van der Waals surface area contributed by atoms with Crippen molar-refractivity contribution in [2.45, 2.75) is 13.8 Å². The summed E-state index contributed by atoms with van der Waals surface area (Å²) in [5.74, 6) is 0.239. The predicted molar refractivity (Wildman–Crippen MR) is 74.1 cm³/mol. The summed E-state index contributed by atoms with van der Waals surface area (Å²) in [7, 11) is 0. The lowest BCUT2D eigenvalue weighted by Gasteiger charge is -2.02. The molecule has 4 nitrogen and oxygen atoms in total. The van der Waals surface area contributed by atoms with Crippen LogP contribution in [0.1, 0.15) is 19.4 Å². The zero-order chi connectivity index (χ0) is 13.9. The van der Waals surface area contributed by atoms with E-state index in [-0.39, 0.29) is 5.97 Å². The van der Waals surface area contributed by atoms with Gasteiger partial charge in [-0.25, -0.2) is 0 Å². The summed E-state index contributed by atoms with van der Waals surface area (Å²) in [5, 5.41) is 0. The molecule has 0 fully saturated rings. The van der Waals surface area contributed by atoms with Crippen LogP contribution >= 0.6 is 0 Å². The molecule has 0 radical (unpaired) electrons. The number of hydrogen-bond acceptors (Lipinski definition) is 4. The first-order valence-corrected chi connectivity index (χ1v) is 6.33. The monoisotopic (exact) mass is 264 g/mol. The van der Waals surface area contributed by atoms with Crippen LogP contribution < -0.4 is 4.74 Å². The van der Waals surface area contributed by atoms with Crippen molar-refractivity contribution in [1.29, 1.82) is 0 Å². The summed E-state index contributed by atoms with van der Waals surface area (Å²) >= 11 is 0. The smallest absolute Gasteiger partial charge is 0.308 e. The molecule has 0 aliphatic heterocycles. The van der Waals surface area contributed by atoms with Crippen LogP contribution in [-0.4, -0.2) is 32.4 Å². The van der Waals surface area contributed by atoms with Crippen molar-refractivity contribution in [3.63, 3.8) is 0 Å². The lowest BCUT2D eigenvalue weighted by atomic mass is 10.2. The molecule has 4 heteroatoms. The van der Waals surface area contributed by atoms with E-state index in [9.17, 15) is 4.79 Å². The highest BCUT2D eigenvalue weighted by Crippen LogP contribution is 2.13. The SMILES string of the molecule is CCOCCOC/C=C\c1ccc(OC(C)=O)cc1. The second kappa shape index (κ2) is 9.30. The fourth-order valence-corrected chi connectivity index (χ4v) is 1.41. The Labute approximate surface area is 114 Å². The van der Waals surface area contributed by atoms with Gasteiger partial charge in [0, 0.05) is 13.5 Å². The molecule has 0 aliphatic carbocycles. The zero-order valence-corrected chi connectivity index (χ0v) is 11.4. The van der Waals surface area contributed by atoms with Gasteiger partial charge >= 0.3 is 5.97 Å². The van der Waals surface area contributed by atoms with Crippen molar-refractivity contribution in [3.8, 4) is 5.75 Å². The fraction of sp³-hybridized carbons (Fsp3) is 0.400. The Morgan fingerprint density at radius 2 is 1.84 bits per heavy atom. The zero-order valence-electron chi connectivity index (χ0n) is 11.4. The molecule has 0 N–H and O–H groups in total. The van der Waals surface area contributed by atoms with Gasteiger partial charge in [0.1, 0.15) is 5.75 Å². The average Bonchev–Trinajstić information content (AvgIpc) is 2.39. The van der Waals surface area contributed by atoms with Crippen LogP contribution in [0, 0.1) is 0 Å². The van der Waals surface area contributed by atoms with Gasteiger partial charge in [-0.05, 0) is 24.6 Å². The van der Waals surface area contributed by atoms with Gasteiger partial charge in [-0.15, -0.1) is 0 Å². The second-order valence-corrected chi connectivity index (χ2v) is 3.84. The molecule has 0 saturated heterocycles. The lowest BCUT2D eigenvalue weighted by Crippen LogP contribution is -2.03. The molecule has 0 bridgehead atoms. The van der Waals surface area contributed by atoms with Crippen LogP contribution in [0.3, 0.4) is 0 Å². The lowest BCUT2D eigenvalue weighted by molar-refractivity contribution is -0.131. The quantitative estimate of drug-likeness (QED) is 0.411. The van der Waals surface area contributed by atoms with Gasteiger partial charge in [-0.3, -0.25) is 4.79 Å². The first-order valence-electron chi connectivity index (χ1n) is 6.33. The van der Waals surface area contributed by atoms with Crippen LogP contribution in [0.25, 0.3) is 6.08 Å². The van der Waals surface area contributed by atoms with Gasteiger partial charge in [0.15, 0.2) is 0 Å². The van der Waals surface area contributed by atoms with Crippen LogP contribution in [0.4, 0.5) is 0 Å². The minimum absolute atomic E-state index is 0.314. The number of benzene rings is 1. The Kier molecular flexibility index (Phi) is 7.54. The molecule has 0 saturated carbocycles. The molecule has 0 amide bonds. The van der Waals surface area contributed by atoms with Crippen molar-refractivity contribution in [2.75, 3.05) is 26.4 Å². The maximum atomic E-state index is 10.8. The maximum absolute atomic E-state index is 10.8. The van der Waals surface area contributed by atoms with E-state index in [2.05, 4.69) is 0 Å². The van der Waals surface area contributed by atoms with E-state index in [0.717, 1.165) is 5.56 Å². The molecule has 1 aromatic carbocycles. The van der Waals surface area contributed by atoms with Gasteiger partial charge in [0.25, 0.3) is 0 Å². The van der Waals surface area contributed by atoms with E-state index in [1.165, 1.54) is 6.92 Å². The van der Waals surface area contributed by atoms with Crippen LogP contribution in [0.15, 0.2) is 30.3 Å². The largest absolute Gasteiger partial charge is 0.427 e. The first-order chi connectivity index (χ1) is 9.22. The number of rotatable bonds is 8. The molecular formula is C15H20O4. The third-order valence-corrected chi connectivity index (χ3v) is 2.24. The van der Waals surface area contributed by atoms with Crippen molar-refractivity contribution < 1.29 is 19.0 Å². The Bertz CT molecular complexity index is 395. The number of ether oxygens (including phenoxy) is 3. The number of carbonyl (C=O) groups is 1. The van der Waals surface area contributed by atoms with Gasteiger partial charge in [-0.1, -0.05) is 24.3 Å². The van der Waals surface area contributed by atoms with E-state index in [1.807, 2.05) is 31.2 Å². The van der Waals surface area contributed by atoms with E-state index < -0.39 is 0 Å². The molecular weight excluding hydrogens is 244 g/mol. The molecule has 1 rings (SSSR count). The van der Waals surface area contributed by atoms with E-state index in [1.54, 1.807) is 12.1 Å². The van der Waals surface area contributed by atoms with Crippen molar-refractivity contribution >= 4 is 12.0 Å². The predicted octanol–water partition coefficient (Wildman–Crippen LogP) is 2.68. The Balaban J connectivity index is 2.26. The molecule has 104 valence electrons. The third kappa shape index (κ3) is 7.39. The third-order valence-electron chi connectivity index (χ3n) is 2.24. The Morgan fingerprint density at radius 3 is 2.47 bits per heavy atom. The molecule has 0 heterocycles. The van der Waals surface area contributed by atoms with Gasteiger partial charge in [0.05, 0.1) is 19.8 Å². The van der Waals surface area contributed by atoms with Crippen molar-refractivity contribution in [1.82, 2.24) is 0 Å². The van der Waals surface area contributed by atoms with Gasteiger partial charge in [0.2, 0.25) is 0 Å². The van der Waals surface area contributed by atoms with Crippen LogP contribution in [0.2, 0.25) is 0 Å². The average molecular weight is 264 g/mol. The van der Waals surface area contributed by atoms with E-state index in [0.29, 0.717) is 32.2 Å². The van der Waals surface area contributed by atoms with Crippen molar-refractivity contribution in [3.05, 3.63) is 35.9 Å². The highest BCUT2D eigenvalue weighted by Gasteiger charge is 1.96. The molecule has 0 aromatic heterocycles. The van der Waals surface area contributed by atoms with Crippen LogP contribution in [-0.2, 0) is 14.3 Å². The molecule has 0 unspecified atom stereocenters. The standard InChI is InChI=1S/C15H20O4/c1-3-17-11-12-18-10-4-5-14-6-8-15(9-7-14)19-13(2)16/h4-9H,3,10-12H2,1-2H3/b5-4-. The topological polar surface area (TPSA) is 44.8 Å². The summed E-state index contributed by atoms with van der Waals surface area (Å²) in [6, 6.07) is 7.29. The maximum Gasteiger partial charge on any atom is 0.308 e. The summed E-state index contributed by atoms with van der Waals surface area (Å²) in [6.07, 6.45) is 3.89. The van der Waals surface area contributed by atoms with Crippen molar-refractivity contribution in [2.24, 2.45) is 0 Å². The van der Waals surface area contributed by atoms with E-state index in [4.69, 9.17) is 14.2 Å². The minimum Gasteiger partial charge on any atom is -0.427 e. The highest BCUT2D eigenvalue weighted by molar-refractivity contribution is 5.69. The highest BCUT2D eigenvalue weighted by atomic mass is 16.5. The summed E-state index contributed by atoms with van der Waals surface area (Å²) in [4.78, 5) is 10.8. The minimum atomic E-state index is -0.314. The molecule has 0 aliphatic rings. The fourth-order valence-electron chi connectivity index (χ4n) is 1.41. The van der Waals surface area contributed by atoms with E-state index >= 15 is 0 Å². The first kappa shape index (κ1) is 15.4. The molecule has 0 atom stereocenters. The van der Waals surface area contributed by atoms with Gasteiger partial charge < -0.3 is 14.2 Å². The van der Waals surface area contributed by atoms with Crippen LogP contribution in [0.5, 0.6) is 5.75 Å². The summed E-state index contributed by atoms with van der Waals surface area (Å²) in [5.41, 5.74) is 1.03. The molecule has 1 aromatic rings. The number of esters is 1.